The molecule has 1 aliphatic rings. The lowest BCUT2D eigenvalue weighted by Gasteiger charge is -2.24. The lowest BCUT2D eigenvalue weighted by molar-refractivity contribution is 0.264. The number of aliphatic hydroxyl groups is 1. The monoisotopic (exact) mass is 182 g/mol. The second-order valence-electron chi connectivity index (χ2n) is 4.69. The van der Waals surface area contributed by atoms with Crippen molar-refractivity contribution in [3.8, 4) is 6.07 Å². The number of nitriles is 1. The molecule has 0 saturated heterocycles. The van der Waals surface area contributed by atoms with Crippen LogP contribution in [0.4, 0.5) is 0 Å². The molecule has 0 radical (unpaired) electrons. The molecular weight excluding hydrogens is 164 g/mol. The molecule has 1 fully saturated rings. The molecule has 1 unspecified atom stereocenters. The van der Waals surface area contributed by atoms with Gasteiger partial charge in [-0.1, -0.05) is 13.8 Å². The Balaban J connectivity index is 2.59. The van der Waals surface area contributed by atoms with Gasteiger partial charge < -0.3 is 5.11 Å². The van der Waals surface area contributed by atoms with Gasteiger partial charge in [0.05, 0.1) is 12.7 Å². The predicted molar refractivity (Wildman–Crippen MR) is 51.1 cm³/mol. The molecule has 1 rings (SSSR count). The Kier molecular flexibility index (Phi) is 2.94. The largest absolute Gasteiger partial charge is 0.395 e. The van der Waals surface area contributed by atoms with E-state index in [0.717, 1.165) is 19.3 Å². The molecule has 1 saturated carbocycles. The van der Waals surface area contributed by atoms with Gasteiger partial charge in [0.2, 0.25) is 0 Å². The predicted octanol–water partition coefficient (Wildman–Crippen LogP) is 1.04. The van der Waals surface area contributed by atoms with E-state index in [1.54, 1.807) is 0 Å². The van der Waals surface area contributed by atoms with Gasteiger partial charge in [-0.25, -0.2) is 0 Å². The third-order valence-electron chi connectivity index (χ3n) is 2.80. The average Bonchev–Trinajstić information content (AvgIpc) is 2.40. The third kappa shape index (κ3) is 2.43. The van der Waals surface area contributed by atoms with E-state index in [9.17, 15) is 0 Å². The molecule has 0 aromatic heterocycles. The summed E-state index contributed by atoms with van der Waals surface area (Å²) in [6, 6.07) is 2.35. The van der Waals surface area contributed by atoms with Crippen LogP contribution < -0.4 is 5.32 Å². The molecule has 1 atom stereocenters. The molecule has 0 amide bonds. The summed E-state index contributed by atoms with van der Waals surface area (Å²) in [7, 11) is 0. The van der Waals surface area contributed by atoms with Crippen LogP contribution >= 0.6 is 0 Å². The van der Waals surface area contributed by atoms with Crippen molar-refractivity contribution in [2.45, 2.75) is 38.6 Å². The number of β-amino-alcohol motifs (C(OH)–C–C–N with tert-alkyl or cyclic N) is 1. The highest BCUT2D eigenvalue weighted by Crippen LogP contribution is 2.43. The number of aliphatic hydroxyl groups excluding tert-OH is 1. The second kappa shape index (κ2) is 3.65. The van der Waals surface area contributed by atoms with Crippen molar-refractivity contribution in [3.63, 3.8) is 0 Å². The second-order valence-corrected chi connectivity index (χ2v) is 4.69. The molecule has 0 aromatic rings. The van der Waals surface area contributed by atoms with Gasteiger partial charge in [-0.3, -0.25) is 5.32 Å². The first kappa shape index (κ1) is 10.5. The standard InChI is InChI=1S/C10H18N2O/c1-9(2)3-4-10(7-9,8-11)12-5-6-13/h12-13H,3-7H2,1-2H3. The molecule has 3 nitrogen and oxygen atoms in total. The van der Waals surface area contributed by atoms with E-state index in [1.807, 2.05) is 0 Å². The first-order valence-corrected chi connectivity index (χ1v) is 4.81. The lowest BCUT2D eigenvalue weighted by Crippen LogP contribution is -2.43. The third-order valence-corrected chi connectivity index (χ3v) is 2.80. The summed E-state index contributed by atoms with van der Waals surface area (Å²) in [6.07, 6.45) is 2.87. The summed E-state index contributed by atoms with van der Waals surface area (Å²) >= 11 is 0. The van der Waals surface area contributed by atoms with Crippen LogP contribution in [0, 0.1) is 16.7 Å². The number of nitrogens with zero attached hydrogens (tertiary/aromatic N) is 1. The SMILES string of the molecule is CC1(C)CCC(C#N)(NCCO)C1. The zero-order chi connectivity index (χ0) is 9.95. The quantitative estimate of drug-likeness (QED) is 0.685. The van der Waals surface area contributed by atoms with Gasteiger partial charge >= 0.3 is 0 Å². The number of hydrogen-bond acceptors (Lipinski definition) is 3. The first-order valence-electron chi connectivity index (χ1n) is 4.81. The van der Waals surface area contributed by atoms with Gasteiger partial charge in [-0.2, -0.15) is 5.26 Å². The van der Waals surface area contributed by atoms with Crippen molar-refractivity contribution < 1.29 is 5.11 Å². The Morgan fingerprint density at radius 2 is 2.15 bits per heavy atom. The summed E-state index contributed by atoms with van der Waals surface area (Å²) < 4.78 is 0. The molecule has 3 heteroatoms. The van der Waals surface area contributed by atoms with Crippen LogP contribution in [-0.4, -0.2) is 23.8 Å². The fourth-order valence-electron chi connectivity index (χ4n) is 2.13. The fraction of sp³-hybridized carbons (Fsp3) is 0.900. The molecule has 0 aliphatic heterocycles. The van der Waals surface area contributed by atoms with E-state index in [4.69, 9.17) is 10.4 Å². The zero-order valence-electron chi connectivity index (χ0n) is 8.43. The maximum Gasteiger partial charge on any atom is 0.107 e. The van der Waals surface area contributed by atoms with Crippen LogP contribution in [0.5, 0.6) is 0 Å². The van der Waals surface area contributed by atoms with E-state index in [0.29, 0.717) is 6.54 Å². The van der Waals surface area contributed by atoms with Gasteiger partial charge in [0, 0.05) is 6.54 Å². The number of hydrogen-bond donors (Lipinski definition) is 2. The van der Waals surface area contributed by atoms with Crippen LogP contribution in [0.15, 0.2) is 0 Å². The Bertz CT molecular complexity index is 219. The van der Waals surface area contributed by atoms with Gasteiger partial charge in [0.15, 0.2) is 0 Å². The van der Waals surface area contributed by atoms with Gasteiger partial charge in [-0.15, -0.1) is 0 Å². The Hall–Kier alpha value is -0.590. The summed E-state index contributed by atoms with van der Waals surface area (Å²) in [5.41, 5.74) is -0.121. The van der Waals surface area contributed by atoms with Gasteiger partial charge in [0.25, 0.3) is 0 Å². The van der Waals surface area contributed by atoms with Crippen molar-refractivity contribution >= 4 is 0 Å². The van der Waals surface area contributed by atoms with Crippen molar-refractivity contribution in [3.05, 3.63) is 0 Å². The smallest absolute Gasteiger partial charge is 0.107 e. The first-order chi connectivity index (χ1) is 6.04. The summed E-state index contributed by atoms with van der Waals surface area (Å²) in [5.74, 6) is 0. The van der Waals surface area contributed by atoms with Crippen molar-refractivity contribution in [1.29, 1.82) is 5.26 Å². The Morgan fingerprint density at radius 3 is 2.54 bits per heavy atom. The number of rotatable bonds is 3. The zero-order valence-corrected chi connectivity index (χ0v) is 8.43. The maximum absolute atomic E-state index is 9.08. The van der Waals surface area contributed by atoms with Gasteiger partial charge in [0.1, 0.15) is 5.54 Å². The molecule has 1 aliphatic carbocycles. The van der Waals surface area contributed by atoms with Crippen LogP contribution in [0.3, 0.4) is 0 Å². The fourth-order valence-corrected chi connectivity index (χ4v) is 2.13. The molecule has 74 valence electrons. The molecule has 0 aromatic carbocycles. The molecule has 0 spiro atoms. The molecule has 0 heterocycles. The highest BCUT2D eigenvalue weighted by molar-refractivity contribution is 5.13. The van der Waals surface area contributed by atoms with Crippen LogP contribution in [0.1, 0.15) is 33.1 Å². The van der Waals surface area contributed by atoms with E-state index in [2.05, 4.69) is 25.2 Å². The highest BCUT2D eigenvalue weighted by atomic mass is 16.3. The maximum atomic E-state index is 9.08. The van der Waals surface area contributed by atoms with E-state index in [-0.39, 0.29) is 17.6 Å². The van der Waals surface area contributed by atoms with Gasteiger partial charge in [-0.05, 0) is 24.7 Å². The van der Waals surface area contributed by atoms with Crippen molar-refractivity contribution in [2.24, 2.45) is 5.41 Å². The van der Waals surface area contributed by atoms with E-state index < -0.39 is 0 Å². The van der Waals surface area contributed by atoms with Crippen molar-refractivity contribution in [1.82, 2.24) is 5.32 Å². The highest BCUT2D eigenvalue weighted by Gasteiger charge is 2.42. The topological polar surface area (TPSA) is 56.0 Å². The minimum Gasteiger partial charge on any atom is -0.395 e. The Morgan fingerprint density at radius 1 is 1.46 bits per heavy atom. The Labute approximate surface area is 79.8 Å². The van der Waals surface area contributed by atoms with Crippen molar-refractivity contribution in [2.75, 3.05) is 13.2 Å². The molecule has 13 heavy (non-hydrogen) atoms. The van der Waals surface area contributed by atoms with Crippen LogP contribution in [0.2, 0.25) is 0 Å². The minimum absolute atomic E-state index is 0.101. The molecular formula is C10H18N2O. The average molecular weight is 182 g/mol. The lowest BCUT2D eigenvalue weighted by atomic mass is 9.88. The van der Waals surface area contributed by atoms with E-state index in [1.165, 1.54) is 0 Å². The molecule has 0 bridgehead atoms. The molecule has 2 N–H and O–H groups in total. The summed E-state index contributed by atoms with van der Waals surface area (Å²) in [6.45, 7) is 4.99. The van der Waals surface area contributed by atoms with Crippen LogP contribution in [0.25, 0.3) is 0 Å². The van der Waals surface area contributed by atoms with E-state index >= 15 is 0 Å². The summed E-state index contributed by atoms with van der Waals surface area (Å²) in [4.78, 5) is 0. The minimum atomic E-state index is -0.383. The summed E-state index contributed by atoms with van der Waals surface area (Å²) in [5, 5.41) is 20.9. The number of nitrogens with one attached hydrogen (secondary N) is 1. The normalized spacial score (nSPS) is 31.5. The van der Waals surface area contributed by atoms with Crippen LogP contribution in [-0.2, 0) is 0 Å².